The molecule has 0 aliphatic carbocycles. The van der Waals surface area contributed by atoms with Crippen LogP contribution in [0.4, 0.5) is 8.78 Å². The third kappa shape index (κ3) is 3.03. The lowest BCUT2D eigenvalue weighted by Gasteiger charge is -2.28. The summed E-state index contributed by atoms with van der Waals surface area (Å²) in [5.74, 6) is -3.11. The number of carboxylic acid groups (broad SMARTS) is 1. The largest absolute Gasteiger partial charge is 0.479 e. The number of hydrogen-bond acceptors (Lipinski definition) is 2. The van der Waals surface area contributed by atoms with E-state index in [-0.39, 0.29) is 5.56 Å². The quantitative estimate of drug-likeness (QED) is 0.820. The van der Waals surface area contributed by atoms with Crippen molar-refractivity contribution in [2.75, 3.05) is 0 Å². The molecule has 1 atom stereocenters. The van der Waals surface area contributed by atoms with Crippen molar-refractivity contribution in [3.63, 3.8) is 0 Å². The molecule has 0 aliphatic heterocycles. The second-order valence-corrected chi connectivity index (χ2v) is 4.09. The van der Waals surface area contributed by atoms with Crippen LogP contribution in [0.3, 0.4) is 0 Å². The van der Waals surface area contributed by atoms with Crippen molar-refractivity contribution in [1.82, 2.24) is 4.90 Å². The normalized spacial score (nSPS) is 12.3. The average Bonchev–Trinajstić information content (AvgIpc) is 2.22. The van der Waals surface area contributed by atoms with Gasteiger partial charge in [0.15, 0.2) is 6.04 Å². The first-order valence-corrected chi connectivity index (χ1v) is 5.28. The molecule has 1 amide bonds. The summed E-state index contributed by atoms with van der Waals surface area (Å²) in [6, 6.07) is 0.632. The molecule has 0 heterocycles. The Balaban J connectivity index is 3.27. The Hall–Kier alpha value is -1.98. The molecule has 1 aromatic rings. The van der Waals surface area contributed by atoms with Gasteiger partial charge in [-0.1, -0.05) is 0 Å². The predicted octanol–water partition coefficient (Wildman–Crippen LogP) is 1.96. The van der Waals surface area contributed by atoms with Crippen molar-refractivity contribution in [2.45, 2.75) is 25.9 Å². The lowest BCUT2D eigenvalue weighted by molar-refractivity contribution is -0.148. The van der Waals surface area contributed by atoms with Gasteiger partial charge in [-0.15, -0.1) is 0 Å². The van der Waals surface area contributed by atoms with Crippen molar-refractivity contribution < 1.29 is 23.5 Å². The maximum absolute atomic E-state index is 13.1. The third-order valence-electron chi connectivity index (χ3n) is 2.45. The fourth-order valence-electron chi connectivity index (χ4n) is 1.66. The minimum absolute atomic E-state index is 0.110. The first-order valence-electron chi connectivity index (χ1n) is 5.28. The number of amides is 1. The summed E-state index contributed by atoms with van der Waals surface area (Å²) >= 11 is 0. The second-order valence-electron chi connectivity index (χ2n) is 4.09. The van der Waals surface area contributed by atoms with Crippen LogP contribution in [0.25, 0.3) is 0 Å². The molecule has 0 radical (unpaired) electrons. The lowest BCUT2D eigenvalue weighted by Crippen LogP contribution is -2.38. The van der Waals surface area contributed by atoms with Gasteiger partial charge < -0.3 is 10.0 Å². The molecular weight excluding hydrogens is 244 g/mol. The Morgan fingerprint density at radius 2 is 1.78 bits per heavy atom. The molecule has 1 unspecified atom stereocenters. The van der Waals surface area contributed by atoms with E-state index in [4.69, 9.17) is 5.11 Å². The maximum atomic E-state index is 13.1. The highest BCUT2D eigenvalue weighted by Crippen LogP contribution is 2.23. The summed E-state index contributed by atoms with van der Waals surface area (Å²) in [6.07, 6.45) is 0.353. The van der Waals surface area contributed by atoms with E-state index in [1.165, 1.54) is 0 Å². The van der Waals surface area contributed by atoms with Gasteiger partial charge in [-0.3, -0.25) is 4.79 Å². The number of benzene rings is 1. The third-order valence-corrected chi connectivity index (χ3v) is 2.45. The summed E-state index contributed by atoms with van der Waals surface area (Å²) in [4.78, 5) is 23.1. The van der Waals surface area contributed by atoms with Crippen molar-refractivity contribution >= 4 is 12.4 Å². The zero-order valence-corrected chi connectivity index (χ0v) is 9.93. The standard InChI is InChI=1S/C12H13F2NO3/c1-7(2)15(6-16)11(12(17)18)8-3-9(13)5-10(14)4-8/h3-7,11H,1-2H3,(H,17,18). The highest BCUT2D eigenvalue weighted by Gasteiger charge is 2.29. The van der Waals surface area contributed by atoms with Gasteiger partial charge in [0.1, 0.15) is 11.6 Å². The molecule has 6 heteroatoms. The van der Waals surface area contributed by atoms with Crippen LogP contribution in [0.2, 0.25) is 0 Å². The summed E-state index contributed by atoms with van der Waals surface area (Å²) in [7, 11) is 0. The molecule has 0 spiro atoms. The van der Waals surface area contributed by atoms with Crippen LogP contribution in [0.5, 0.6) is 0 Å². The molecule has 0 aromatic heterocycles. The monoisotopic (exact) mass is 257 g/mol. The predicted molar refractivity (Wildman–Crippen MR) is 59.8 cm³/mol. The molecule has 98 valence electrons. The summed E-state index contributed by atoms with van der Waals surface area (Å²) < 4.78 is 26.2. The van der Waals surface area contributed by atoms with E-state index in [2.05, 4.69) is 0 Å². The van der Waals surface area contributed by atoms with Gasteiger partial charge in [-0.05, 0) is 31.5 Å². The molecule has 1 N–H and O–H groups in total. The smallest absolute Gasteiger partial charge is 0.331 e. The Labute approximate surface area is 103 Å². The van der Waals surface area contributed by atoms with Gasteiger partial charge in [-0.25, -0.2) is 13.6 Å². The Morgan fingerprint density at radius 3 is 2.11 bits per heavy atom. The van der Waals surface area contributed by atoms with Gasteiger partial charge in [0.25, 0.3) is 0 Å². The minimum atomic E-state index is -1.41. The fraction of sp³-hybridized carbons (Fsp3) is 0.333. The first kappa shape index (κ1) is 14.1. The average molecular weight is 257 g/mol. The Kier molecular flexibility index (Phi) is 4.36. The number of carboxylic acids is 1. The van der Waals surface area contributed by atoms with Gasteiger partial charge in [0, 0.05) is 12.1 Å². The molecule has 1 aromatic carbocycles. The minimum Gasteiger partial charge on any atom is -0.479 e. The van der Waals surface area contributed by atoms with E-state index in [9.17, 15) is 18.4 Å². The number of carbonyl (C=O) groups excluding carboxylic acids is 1. The van der Waals surface area contributed by atoms with Crippen LogP contribution < -0.4 is 0 Å². The number of hydrogen-bond donors (Lipinski definition) is 1. The Bertz CT molecular complexity index is 442. The molecule has 18 heavy (non-hydrogen) atoms. The molecule has 0 aliphatic rings. The van der Waals surface area contributed by atoms with E-state index in [0.29, 0.717) is 12.5 Å². The second kappa shape index (κ2) is 5.57. The van der Waals surface area contributed by atoms with Crippen molar-refractivity contribution in [2.24, 2.45) is 0 Å². The van der Waals surface area contributed by atoms with E-state index >= 15 is 0 Å². The summed E-state index contributed by atoms with van der Waals surface area (Å²) in [6.45, 7) is 3.22. The van der Waals surface area contributed by atoms with Gasteiger partial charge in [0.05, 0.1) is 0 Å². The molecule has 0 saturated carbocycles. The van der Waals surface area contributed by atoms with E-state index in [1.807, 2.05) is 0 Å². The summed E-state index contributed by atoms with van der Waals surface area (Å²) in [5.41, 5.74) is -0.110. The lowest BCUT2D eigenvalue weighted by atomic mass is 10.0. The number of rotatable bonds is 5. The number of aliphatic carboxylic acids is 1. The topological polar surface area (TPSA) is 57.6 Å². The van der Waals surface area contributed by atoms with Gasteiger partial charge in [0.2, 0.25) is 6.41 Å². The highest BCUT2D eigenvalue weighted by atomic mass is 19.1. The summed E-state index contributed by atoms with van der Waals surface area (Å²) in [5, 5.41) is 9.11. The van der Waals surface area contributed by atoms with Crippen molar-refractivity contribution in [3.8, 4) is 0 Å². The fourth-order valence-corrected chi connectivity index (χ4v) is 1.66. The SMILES string of the molecule is CC(C)N(C=O)C(C(=O)O)c1cc(F)cc(F)c1. The van der Waals surface area contributed by atoms with Crippen molar-refractivity contribution in [1.29, 1.82) is 0 Å². The van der Waals surface area contributed by atoms with Crippen LogP contribution in [-0.2, 0) is 9.59 Å². The Morgan fingerprint density at radius 1 is 1.28 bits per heavy atom. The molecule has 0 bridgehead atoms. The molecule has 1 rings (SSSR count). The first-order chi connectivity index (χ1) is 8.36. The van der Waals surface area contributed by atoms with Crippen LogP contribution >= 0.6 is 0 Å². The van der Waals surface area contributed by atoms with Crippen molar-refractivity contribution in [3.05, 3.63) is 35.4 Å². The number of carbonyl (C=O) groups is 2. The zero-order chi connectivity index (χ0) is 13.9. The zero-order valence-electron chi connectivity index (χ0n) is 9.93. The van der Waals surface area contributed by atoms with E-state index in [0.717, 1.165) is 17.0 Å². The van der Waals surface area contributed by atoms with Gasteiger partial charge in [-0.2, -0.15) is 0 Å². The van der Waals surface area contributed by atoms with Gasteiger partial charge >= 0.3 is 5.97 Å². The number of nitrogens with zero attached hydrogens (tertiary/aromatic N) is 1. The molecule has 0 saturated heterocycles. The van der Waals surface area contributed by atoms with E-state index < -0.39 is 29.7 Å². The molecule has 4 nitrogen and oxygen atoms in total. The van der Waals surface area contributed by atoms with Crippen LogP contribution in [-0.4, -0.2) is 28.4 Å². The maximum Gasteiger partial charge on any atom is 0.331 e. The van der Waals surface area contributed by atoms with E-state index in [1.54, 1.807) is 13.8 Å². The highest BCUT2D eigenvalue weighted by molar-refractivity contribution is 5.78. The molecular formula is C12H13F2NO3. The molecule has 0 fully saturated rings. The van der Waals surface area contributed by atoms with Crippen LogP contribution in [0.1, 0.15) is 25.5 Å². The van der Waals surface area contributed by atoms with Crippen LogP contribution in [0.15, 0.2) is 18.2 Å². The number of halogens is 2. The van der Waals surface area contributed by atoms with Crippen LogP contribution in [0, 0.1) is 11.6 Å².